The largest absolute Gasteiger partial charge is 0.309 e. The van der Waals surface area contributed by atoms with Gasteiger partial charge < -0.3 is 4.90 Å². The maximum atomic E-state index is 5.35. The topological polar surface area (TPSA) is 34.0 Å². The first-order chi connectivity index (χ1) is 19.9. The van der Waals surface area contributed by atoms with Crippen molar-refractivity contribution in [3.05, 3.63) is 133 Å². The Labute approximate surface area is 230 Å². The molecule has 0 unspecified atom stereocenters. The summed E-state index contributed by atoms with van der Waals surface area (Å²) in [5.41, 5.74) is 8.54. The van der Waals surface area contributed by atoms with Gasteiger partial charge in [0.25, 0.3) is 0 Å². The van der Waals surface area contributed by atoms with E-state index in [1.807, 2.05) is 0 Å². The fourth-order valence-electron chi connectivity index (χ4n) is 6.44. The molecule has 0 N–H and O–H groups in total. The smallest absolute Gasteiger partial charge is 0.235 e. The Kier molecular flexibility index (Phi) is 4.30. The molecule has 0 saturated heterocycles. The van der Waals surface area contributed by atoms with Crippen LogP contribution in [-0.2, 0) is 0 Å². The van der Waals surface area contributed by atoms with Crippen molar-refractivity contribution in [1.29, 1.82) is 0 Å². The molecule has 4 heteroatoms. The van der Waals surface area contributed by atoms with Crippen molar-refractivity contribution in [3.63, 3.8) is 0 Å². The van der Waals surface area contributed by atoms with Crippen LogP contribution in [0.25, 0.3) is 60.7 Å². The van der Waals surface area contributed by atoms with Gasteiger partial charge in [0, 0.05) is 22.0 Å². The van der Waals surface area contributed by atoms with Crippen molar-refractivity contribution >= 4 is 60.5 Å². The number of para-hydroxylation sites is 3. The number of aromatic nitrogens is 3. The van der Waals surface area contributed by atoms with E-state index in [1.165, 1.54) is 21.5 Å². The minimum absolute atomic E-state index is 0.684. The lowest BCUT2D eigenvalue weighted by molar-refractivity contribution is 1.01. The summed E-state index contributed by atoms with van der Waals surface area (Å²) < 4.78 is 2.23. The second-order valence-electron chi connectivity index (χ2n) is 10.3. The Morgan fingerprint density at radius 1 is 0.475 bits per heavy atom. The number of benzene rings is 6. The Bertz CT molecular complexity index is 2280. The molecule has 0 radical (unpaired) electrons. The van der Waals surface area contributed by atoms with E-state index in [0.717, 1.165) is 50.3 Å². The summed E-state index contributed by atoms with van der Waals surface area (Å²) in [4.78, 5) is 12.9. The van der Waals surface area contributed by atoms with Crippen LogP contribution in [0.3, 0.4) is 0 Å². The lowest BCUT2D eigenvalue weighted by atomic mass is 9.96. The third-order valence-electron chi connectivity index (χ3n) is 8.11. The normalized spacial score (nSPS) is 12.4. The van der Waals surface area contributed by atoms with Crippen LogP contribution < -0.4 is 4.90 Å². The van der Waals surface area contributed by atoms with Gasteiger partial charge in [-0.05, 0) is 53.2 Å². The first-order valence-corrected chi connectivity index (χ1v) is 13.5. The highest BCUT2D eigenvalue weighted by Crippen LogP contribution is 2.50. The maximum absolute atomic E-state index is 5.35. The molecule has 9 rings (SSSR count). The maximum Gasteiger partial charge on any atom is 0.235 e. The van der Waals surface area contributed by atoms with Gasteiger partial charge in [-0.2, -0.15) is 0 Å². The highest BCUT2D eigenvalue weighted by atomic mass is 15.2. The third-order valence-corrected chi connectivity index (χ3v) is 8.11. The SMILES string of the molecule is c1ccc(N2c3ccccc3-c3nc(-n4c5ccccc5c5c6ccccc6ccc54)nc4cccc2c34)cc1. The molecule has 1 aliphatic heterocycles. The van der Waals surface area contributed by atoms with Crippen LogP contribution in [0.15, 0.2) is 133 Å². The minimum Gasteiger partial charge on any atom is -0.309 e. The second kappa shape index (κ2) is 8.01. The summed E-state index contributed by atoms with van der Waals surface area (Å²) in [6.45, 7) is 0. The van der Waals surface area contributed by atoms with E-state index >= 15 is 0 Å². The number of nitrogens with zero attached hydrogens (tertiary/aromatic N) is 4. The van der Waals surface area contributed by atoms with Gasteiger partial charge in [0.2, 0.25) is 5.95 Å². The van der Waals surface area contributed by atoms with Crippen LogP contribution in [-0.4, -0.2) is 14.5 Å². The van der Waals surface area contributed by atoms with E-state index in [1.54, 1.807) is 0 Å². The zero-order valence-electron chi connectivity index (χ0n) is 21.5. The van der Waals surface area contributed by atoms with E-state index in [2.05, 4.69) is 143 Å². The summed E-state index contributed by atoms with van der Waals surface area (Å²) in [5, 5.41) is 5.97. The molecule has 3 heterocycles. The first kappa shape index (κ1) is 21.5. The van der Waals surface area contributed by atoms with E-state index in [-0.39, 0.29) is 0 Å². The van der Waals surface area contributed by atoms with E-state index in [0.29, 0.717) is 5.95 Å². The zero-order valence-corrected chi connectivity index (χ0v) is 21.5. The predicted octanol–water partition coefficient (Wildman–Crippen LogP) is 9.33. The van der Waals surface area contributed by atoms with Gasteiger partial charge in [-0.3, -0.25) is 4.57 Å². The molecule has 4 nitrogen and oxygen atoms in total. The van der Waals surface area contributed by atoms with Crippen LogP contribution in [0.5, 0.6) is 0 Å². The molecule has 0 bridgehead atoms. The summed E-state index contributed by atoms with van der Waals surface area (Å²) in [5.74, 6) is 0.684. The summed E-state index contributed by atoms with van der Waals surface area (Å²) in [6.07, 6.45) is 0. The summed E-state index contributed by atoms with van der Waals surface area (Å²) >= 11 is 0. The van der Waals surface area contributed by atoms with Crippen molar-refractivity contribution in [3.8, 4) is 17.2 Å². The average Bonchev–Trinajstić information content (AvgIpc) is 3.36. The van der Waals surface area contributed by atoms with Gasteiger partial charge in [0.15, 0.2) is 0 Å². The minimum atomic E-state index is 0.684. The molecule has 8 aromatic rings. The molecule has 0 fully saturated rings. The Morgan fingerprint density at radius 3 is 2.15 bits per heavy atom. The highest BCUT2D eigenvalue weighted by Gasteiger charge is 2.28. The molecule has 1 aliphatic rings. The molecule has 0 aliphatic carbocycles. The number of rotatable bonds is 2. The highest BCUT2D eigenvalue weighted by molar-refractivity contribution is 6.21. The van der Waals surface area contributed by atoms with Crippen LogP contribution in [0.4, 0.5) is 17.1 Å². The molecule has 0 atom stereocenters. The number of hydrogen-bond donors (Lipinski definition) is 0. The van der Waals surface area contributed by atoms with E-state index < -0.39 is 0 Å². The fraction of sp³-hybridized carbons (Fsp3) is 0. The Morgan fingerprint density at radius 2 is 1.23 bits per heavy atom. The molecule has 0 amide bonds. The monoisotopic (exact) mass is 510 g/mol. The molecule has 40 heavy (non-hydrogen) atoms. The van der Waals surface area contributed by atoms with Crippen molar-refractivity contribution in [1.82, 2.24) is 14.5 Å². The van der Waals surface area contributed by atoms with Crippen LogP contribution in [0, 0.1) is 0 Å². The van der Waals surface area contributed by atoms with Crippen LogP contribution >= 0.6 is 0 Å². The second-order valence-corrected chi connectivity index (χ2v) is 10.3. The van der Waals surface area contributed by atoms with Gasteiger partial charge in [-0.25, -0.2) is 9.97 Å². The molecule has 2 aromatic heterocycles. The lowest BCUT2D eigenvalue weighted by Gasteiger charge is -2.32. The molecule has 6 aromatic carbocycles. The molecule has 0 saturated carbocycles. The van der Waals surface area contributed by atoms with E-state index in [9.17, 15) is 0 Å². The summed E-state index contributed by atoms with van der Waals surface area (Å²) in [6, 6.07) is 47.0. The third kappa shape index (κ3) is 2.85. The molecular formula is C36H22N4. The van der Waals surface area contributed by atoms with Gasteiger partial charge in [-0.15, -0.1) is 0 Å². The standard InChI is InChI=1S/C36H22N4/c1-2-12-24(13-3-1)39-30-19-9-7-16-27(30)35-34-28(17-10-20-31(34)39)37-36(38-35)40-29-18-8-6-15-26(29)33-25-14-5-4-11-23(25)21-22-32(33)40/h1-22H. The van der Waals surface area contributed by atoms with Crippen LogP contribution in [0.1, 0.15) is 0 Å². The van der Waals surface area contributed by atoms with Crippen molar-refractivity contribution in [2.75, 3.05) is 4.90 Å². The van der Waals surface area contributed by atoms with Crippen molar-refractivity contribution < 1.29 is 0 Å². The van der Waals surface area contributed by atoms with Gasteiger partial charge in [-0.1, -0.05) is 91.0 Å². The first-order valence-electron chi connectivity index (χ1n) is 13.5. The van der Waals surface area contributed by atoms with Crippen molar-refractivity contribution in [2.45, 2.75) is 0 Å². The molecule has 0 spiro atoms. The summed E-state index contributed by atoms with van der Waals surface area (Å²) in [7, 11) is 0. The van der Waals surface area contributed by atoms with E-state index in [4.69, 9.17) is 9.97 Å². The molecular weight excluding hydrogens is 488 g/mol. The Hall–Kier alpha value is -5.48. The quantitative estimate of drug-likeness (QED) is 0.232. The average molecular weight is 511 g/mol. The zero-order chi connectivity index (χ0) is 26.2. The number of anilines is 3. The number of hydrogen-bond acceptors (Lipinski definition) is 3. The van der Waals surface area contributed by atoms with Crippen LogP contribution in [0.2, 0.25) is 0 Å². The lowest BCUT2D eigenvalue weighted by Crippen LogP contribution is -2.16. The number of fused-ring (bicyclic) bond motifs is 7. The van der Waals surface area contributed by atoms with Gasteiger partial charge in [0.05, 0.1) is 39.0 Å². The molecule has 186 valence electrons. The fourth-order valence-corrected chi connectivity index (χ4v) is 6.44. The van der Waals surface area contributed by atoms with Crippen molar-refractivity contribution in [2.24, 2.45) is 0 Å². The Balaban J connectivity index is 1.40. The predicted molar refractivity (Wildman–Crippen MR) is 165 cm³/mol. The van der Waals surface area contributed by atoms with Gasteiger partial charge in [0.1, 0.15) is 0 Å². The van der Waals surface area contributed by atoms with Gasteiger partial charge >= 0.3 is 0 Å².